The third-order valence-corrected chi connectivity index (χ3v) is 3.74. The predicted molar refractivity (Wildman–Crippen MR) is 74.1 cm³/mol. The van der Waals surface area contributed by atoms with Gasteiger partial charge in [-0.15, -0.1) is 0 Å². The number of hydrogen-bond acceptors (Lipinski definition) is 2. The first kappa shape index (κ1) is 11.4. The summed E-state index contributed by atoms with van der Waals surface area (Å²) in [5, 5.41) is 3.82. The minimum Gasteiger partial charge on any atom is -0.381 e. The Labute approximate surface area is 112 Å². The average molecular weight is 272 g/mol. The number of rotatable bonds is 0. The number of nitrogens with zero attached hydrogens (tertiary/aromatic N) is 1. The molecule has 1 aliphatic rings. The summed E-state index contributed by atoms with van der Waals surface area (Å²) in [5.74, 6) is -0.839. The fourth-order valence-corrected chi connectivity index (χ4v) is 2.92. The van der Waals surface area contributed by atoms with E-state index in [1.54, 1.807) is 0 Å². The number of fused-ring (bicyclic) bond motifs is 2. The molecule has 5 heteroatoms. The van der Waals surface area contributed by atoms with Crippen LogP contribution < -0.4 is 10.7 Å². The number of pyridine rings is 1. The lowest BCUT2D eigenvalue weighted by atomic mass is 10.1. The van der Waals surface area contributed by atoms with Gasteiger partial charge in [-0.1, -0.05) is 0 Å². The number of hydrogen-bond donors (Lipinski definition) is 1. The van der Waals surface area contributed by atoms with Crippen LogP contribution in [0.3, 0.4) is 0 Å². The Morgan fingerprint density at radius 3 is 2.75 bits per heavy atom. The third-order valence-electron chi connectivity index (χ3n) is 3.74. The quantitative estimate of drug-likeness (QED) is 0.638. The highest BCUT2D eigenvalue weighted by Gasteiger charge is 2.18. The molecule has 20 heavy (non-hydrogen) atoms. The number of benzene rings is 2. The summed E-state index contributed by atoms with van der Waals surface area (Å²) in [6.07, 6.45) is 0. The SMILES string of the molecule is O=c1c2ccc(F)cc2n2c3c(cc(F)cc13)NCC2. The largest absolute Gasteiger partial charge is 0.381 e. The second-order valence-electron chi connectivity index (χ2n) is 4.92. The van der Waals surface area contributed by atoms with E-state index in [0.29, 0.717) is 40.6 Å². The molecule has 0 spiro atoms. The van der Waals surface area contributed by atoms with E-state index in [1.165, 1.54) is 30.3 Å². The summed E-state index contributed by atoms with van der Waals surface area (Å²) in [6, 6.07) is 6.68. The van der Waals surface area contributed by atoms with E-state index in [-0.39, 0.29) is 11.2 Å². The van der Waals surface area contributed by atoms with Crippen LogP contribution in [0.25, 0.3) is 21.8 Å². The van der Waals surface area contributed by atoms with E-state index in [2.05, 4.69) is 5.32 Å². The van der Waals surface area contributed by atoms with Gasteiger partial charge >= 0.3 is 0 Å². The fraction of sp³-hybridized carbons (Fsp3) is 0.133. The van der Waals surface area contributed by atoms with Crippen molar-refractivity contribution in [3.05, 3.63) is 52.2 Å². The van der Waals surface area contributed by atoms with Gasteiger partial charge in [0, 0.05) is 18.5 Å². The molecule has 100 valence electrons. The number of nitrogens with one attached hydrogen (secondary N) is 1. The van der Waals surface area contributed by atoms with Gasteiger partial charge in [-0.25, -0.2) is 8.78 Å². The molecule has 0 aliphatic carbocycles. The lowest BCUT2D eigenvalue weighted by molar-refractivity contribution is 0.625. The van der Waals surface area contributed by atoms with Crippen molar-refractivity contribution in [2.45, 2.75) is 6.54 Å². The first-order chi connectivity index (χ1) is 9.65. The predicted octanol–water partition coefficient (Wildman–Crippen LogP) is 2.86. The van der Waals surface area contributed by atoms with Gasteiger partial charge < -0.3 is 9.88 Å². The summed E-state index contributed by atoms with van der Waals surface area (Å²) in [5.41, 5.74) is 1.50. The van der Waals surface area contributed by atoms with Crippen LogP contribution >= 0.6 is 0 Å². The molecule has 3 nitrogen and oxygen atoms in total. The van der Waals surface area contributed by atoms with Crippen molar-refractivity contribution in [2.75, 3.05) is 11.9 Å². The number of aromatic nitrogens is 1. The zero-order valence-electron chi connectivity index (χ0n) is 10.4. The lowest BCUT2D eigenvalue weighted by Crippen LogP contribution is -2.22. The van der Waals surface area contributed by atoms with Gasteiger partial charge in [-0.05, 0) is 30.3 Å². The van der Waals surface area contributed by atoms with Crippen molar-refractivity contribution in [3.8, 4) is 0 Å². The van der Waals surface area contributed by atoms with E-state index in [4.69, 9.17) is 0 Å². The molecule has 0 saturated carbocycles. The molecule has 2 aromatic carbocycles. The fourth-order valence-electron chi connectivity index (χ4n) is 2.92. The Bertz CT molecular complexity index is 931. The molecule has 0 amide bonds. The van der Waals surface area contributed by atoms with Crippen molar-refractivity contribution in [1.29, 1.82) is 0 Å². The molecule has 4 rings (SSSR count). The smallest absolute Gasteiger partial charge is 0.197 e. The molecule has 0 radical (unpaired) electrons. The zero-order chi connectivity index (χ0) is 13.9. The molecule has 0 unspecified atom stereocenters. The van der Waals surface area contributed by atoms with Crippen LogP contribution in [-0.2, 0) is 6.54 Å². The van der Waals surface area contributed by atoms with E-state index in [1.807, 2.05) is 4.57 Å². The van der Waals surface area contributed by atoms with E-state index in [0.717, 1.165) is 0 Å². The van der Waals surface area contributed by atoms with E-state index in [9.17, 15) is 13.6 Å². The Morgan fingerprint density at radius 1 is 1.05 bits per heavy atom. The van der Waals surface area contributed by atoms with Crippen LogP contribution in [0.2, 0.25) is 0 Å². The summed E-state index contributed by atoms with van der Waals surface area (Å²) < 4.78 is 29.0. The van der Waals surface area contributed by atoms with Crippen LogP contribution in [-0.4, -0.2) is 11.1 Å². The molecule has 1 aliphatic heterocycles. The summed E-state index contributed by atoms with van der Waals surface area (Å²) in [4.78, 5) is 12.5. The van der Waals surface area contributed by atoms with Crippen LogP contribution in [0.1, 0.15) is 0 Å². The highest BCUT2D eigenvalue weighted by atomic mass is 19.1. The minimum atomic E-state index is -0.452. The maximum absolute atomic E-state index is 13.6. The summed E-state index contributed by atoms with van der Waals surface area (Å²) in [7, 11) is 0. The van der Waals surface area contributed by atoms with Gasteiger partial charge in [-0.2, -0.15) is 0 Å². The number of anilines is 1. The Kier molecular flexibility index (Phi) is 2.16. The Morgan fingerprint density at radius 2 is 1.90 bits per heavy atom. The normalized spacial score (nSPS) is 13.7. The van der Waals surface area contributed by atoms with Crippen LogP contribution in [0.5, 0.6) is 0 Å². The molecular weight excluding hydrogens is 262 g/mol. The monoisotopic (exact) mass is 272 g/mol. The molecule has 0 saturated heterocycles. The second kappa shape index (κ2) is 3.79. The van der Waals surface area contributed by atoms with Gasteiger partial charge in [0.15, 0.2) is 5.43 Å². The Balaban J connectivity index is 2.35. The number of halogens is 2. The highest BCUT2D eigenvalue weighted by Crippen LogP contribution is 2.29. The van der Waals surface area contributed by atoms with Crippen molar-refractivity contribution < 1.29 is 8.78 Å². The molecule has 1 aromatic heterocycles. The Hall–Kier alpha value is -2.43. The van der Waals surface area contributed by atoms with E-state index < -0.39 is 5.82 Å². The van der Waals surface area contributed by atoms with Gasteiger partial charge in [-0.3, -0.25) is 4.79 Å². The second-order valence-corrected chi connectivity index (χ2v) is 4.92. The molecule has 0 fully saturated rings. The van der Waals surface area contributed by atoms with Crippen molar-refractivity contribution in [1.82, 2.24) is 4.57 Å². The van der Waals surface area contributed by atoms with Gasteiger partial charge in [0.25, 0.3) is 0 Å². The summed E-state index contributed by atoms with van der Waals surface area (Å²) >= 11 is 0. The standard InChI is InChI=1S/C15H10F2N2O/c16-8-1-2-10-13(7-8)19-4-3-18-12-6-9(17)5-11(14(12)19)15(10)20/h1-2,5-7,18H,3-4H2. The average Bonchev–Trinajstić information content (AvgIpc) is 2.43. The van der Waals surface area contributed by atoms with Crippen LogP contribution in [0.4, 0.5) is 14.5 Å². The third kappa shape index (κ3) is 1.40. The molecule has 0 bridgehead atoms. The topological polar surface area (TPSA) is 34.0 Å². The molecule has 1 N–H and O–H groups in total. The minimum absolute atomic E-state index is 0.268. The van der Waals surface area contributed by atoms with Crippen LogP contribution in [0.15, 0.2) is 35.1 Å². The van der Waals surface area contributed by atoms with Crippen molar-refractivity contribution >= 4 is 27.5 Å². The maximum Gasteiger partial charge on any atom is 0.197 e. The first-order valence-electron chi connectivity index (χ1n) is 6.34. The van der Waals surface area contributed by atoms with E-state index >= 15 is 0 Å². The zero-order valence-corrected chi connectivity index (χ0v) is 10.4. The molecule has 3 aromatic rings. The molecule has 0 atom stereocenters. The van der Waals surface area contributed by atoms with Crippen LogP contribution in [0, 0.1) is 11.6 Å². The molecule has 2 heterocycles. The summed E-state index contributed by atoms with van der Waals surface area (Å²) in [6.45, 7) is 1.22. The maximum atomic E-state index is 13.6. The van der Waals surface area contributed by atoms with Gasteiger partial charge in [0.1, 0.15) is 11.6 Å². The van der Waals surface area contributed by atoms with Crippen molar-refractivity contribution in [2.24, 2.45) is 0 Å². The first-order valence-corrected chi connectivity index (χ1v) is 6.34. The van der Waals surface area contributed by atoms with Gasteiger partial charge in [0.05, 0.1) is 22.1 Å². The van der Waals surface area contributed by atoms with Crippen molar-refractivity contribution in [3.63, 3.8) is 0 Å². The van der Waals surface area contributed by atoms with Gasteiger partial charge in [0.2, 0.25) is 0 Å². The lowest BCUT2D eigenvalue weighted by Gasteiger charge is -2.23. The highest BCUT2D eigenvalue weighted by molar-refractivity contribution is 5.99. The molecular formula is C15H10F2N2O.